The van der Waals surface area contributed by atoms with Crippen LogP contribution in [0.15, 0.2) is 18.2 Å². The van der Waals surface area contributed by atoms with Crippen LogP contribution < -0.4 is 10.6 Å². The van der Waals surface area contributed by atoms with Crippen molar-refractivity contribution in [3.63, 3.8) is 0 Å². The van der Waals surface area contributed by atoms with Gasteiger partial charge in [-0.1, -0.05) is 32.9 Å². The van der Waals surface area contributed by atoms with Crippen LogP contribution in [0.2, 0.25) is 0 Å². The molecule has 1 aliphatic rings. The summed E-state index contributed by atoms with van der Waals surface area (Å²) in [5.74, 6) is 0. The summed E-state index contributed by atoms with van der Waals surface area (Å²) in [5.41, 5.74) is 3.52. The highest BCUT2D eigenvalue weighted by atomic mass is 16.2. The number of urea groups is 1. The zero-order chi connectivity index (χ0) is 11.1. The SMILES string of the molecule is CC(C)(C)c1ccc2c(c1)CNC(=O)N2. The summed E-state index contributed by atoms with van der Waals surface area (Å²) >= 11 is 0. The fourth-order valence-corrected chi connectivity index (χ4v) is 1.67. The van der Waals surface area contributed by atoms with Gasteiger partial charge in [-0.25, -0.2) is 4.79 Å². The van der Waals surface area contributed by atoms with Crippen LogP contribution in [0.1, 0.15) is 31.9 Å². The highest BCUT2D eigenvalue weighted by Crippen LogP contribution is 2.27. The van der Waals surface area contributed by atoms with Gasteiger partial charge in [0.15, 0.2) is 0 Å². The predicted octanol–water partition coefficient (Wildman–Crippen LogP) is 2.62. The maximum absolute atomic E-state index is 11.1. The van der Waals surface area contributed by atoms with Crippen molar-refractivity contribution in [3.05, 3.63) is 29.3 Å². The zero-order valence-electron chi connectivity index (χ0n) is 9.35. The molecular weight excluding hydrogens is 188 g/mol. The summed E-state index contributed by atoms with van der Waals surface area (Å²) in [4.78, 5) is 11.1. The molecule has 0 radical (unpaired) electrons. The first-order valence-electron chi connectivity index (χ1n) is 5.15. The minimum Gasteiger partial charge on any atom is -0.334 e. The van der Waals surface area contributed by atoms with Crippen molar-refractivity contribution in [2.45, 2.75) is 32.7 Å². The van der Waals surface area contributed by atoms with Crippen LogP contribution in [-0.2, 0) is 12.0 Å². The van der Waals surface area contributed by atoms with Gasteiger partial charge in [0.2, 0.25) is 0 Å². The molecule has 0 aromatic heterocycles. The molecule has 0 atom stereocenters. The van der Waals surface area contributed by atoms with Crippen LogP contribution in [0.4, 0.5) is 10.5 Å². The summed E-state index contributed by atoms with van der Waals surface area (Å²) in [7, 11) is 0. The molecule has 2 N–H and O–H groups in total. The van der Waals surface area contributed by atoms with Crippen LogP contribution >= 0.6 is 0 Å². The van der Waals surface area contributed by atoms with Gasteiger partial charge in [0.05, 0.1) is 0 Å². The van der Waals surface area contributed by atoms with Gasteiger partial charge in [-0.05, 0) is 22.6 Å². The second-order valence-corrected chi connectivity index (χ2v) is 4.93. The average molecular weight is 204 g/mol. The molecule has 15 heavy (non-hydrogen) atoms. The number of benzene rings is 1. The Bertz CT molecular complexity index is 405. The fraction of sp³-hybridized carbons (Fsp3) is 0.417. The molecule has 2 amide bonds. The van der Waals surface area contributed by atoms with Gasteiger partial charge in [0.25, 0.3) is 0 Å². The number of carbonyl (C=O) groups is 1. The van der Waals surface area contributed by atoms with Gasteiger partial charge < -0.3 is 10.6 Å². The second-order valence-electron chi connectivity index (χ2n) is 4.93. The minimum absolute atomic E-state index is 0.119. The molecule has 0 saturated heterocycles. The van der Waals surface area contributed by atoms with Crippen molar-refractivity contribution in [2.24, 2.45) is 0 Å². The maximum atomic E-state index is 11.1. The molecular formula is C12H16N2O. The topological polar surface area (TPSA) is 41.1 Å². The van der Waals surface area contributed by atoms with Crippen LogP contribution in [-0.4, -0.2) is 6.03 Å². The first-order chi connectivity index (χ1) is 6.97. The van der Waals surface area contributed by atoms with Gasteiger partial charge in [-0.2, -0.15) is 0 Å². The average Bonchev–Trinajstić information content (AvgIpc) is 2.15. The van der Waals surface area contributed by atoms with E-state index in [0.29, 0.717) is 6.54 Å². The van der Waals surface area contributed by atoms with Crippen molar-refractivity contribution in [3.8, 4) is 0 Å². The standard InChI is InChI=1S/C12H16N2O/c1-12(2,3)9-4-5-10-8(6-9)7-13-11(15)14-10/h4-6H,7H2,1-3H3,(H2,13,14,15). The third kappa shape index (κ3) is 1.96. The molecule has 0 unspecified atom stereocenters. The van der Waals surface area contributed by atoms with Crippen LogP contribution in [0, 0.1) is 0 Å². The monoisotopic (exact) mass is 204 g/mol. The predicted molar refractivity (Wildman–Crippen MR) is 61.0 cm³/mol. The lowest BCUT2D eigenvalue weighted by Gasteiger charge is -2.24. The number of hydrogen-bond donors (Lipinski definition) is 2. The molecule has 0 aliphatic carbocycles. The van der Waals surface area contributed by atoms with Crippen LogP contribution in [0.25, 0.3) is 0 Å². The Labute approximate surface area is 89.9 Å². The van der Waals surface area contributed by atoms with E-state index in [1.807, 2.05) is 6.07 Å². The van der Waals surface area contributed by atoms with Gasteiger partial charge in [0.1, 0.15) is 0 Å². The summed E-state index contributed by atoms with van der Waals surface area (Å²) in [5, 5.41) is 5.56. The van der Waals surface area contributed by atoms with Gasteiger partial charge in [0, 0.05) is 12.2 Å². The van der Waals surface area contributed by atoms with E-state index in [1.54, 1.807) is 0 Å². The third-order valence-electron chi connectivity index (χ3n) is 2.66. The largest absolute Gasteiger partial charge is 0.334 e. The van der Waals surface area contributed by atoms with E-state index < -0.39 is 0 Å². The Morgan fingerprint density at radius 1 is 1.27 bits per heavy atom. The van der Waals surface area contributed by atoms with Crippen molar-refractivity contribution in [2.75, 3.05) is 5.32 Å². The molecule has 0 spiro atoms. The number of hydrogen-bond acceptors (Lipinski definition) is 1. The summed E-state index contributed by atoms with van der Waals surface area (Å²) < 4.78 is 0. The molecule has 3 nitrogen and oxygen atoms in total. The van der Waals surface area contributed by atoms with Gasteiger partial charge >= 0.3 is 6.03 Å². The summed E-state index contributed by atoms with van der Waals surface area (Å²) in [6.45, 7) is 7.17. The van der Waals surface area contributed by atoms with E-state index in [0.717, 1.165) is 11.3 Å². The lowest BCUT2D eigenvalue weighted by atomic mass is 9.85. The fourth-order valence-electron chi connectivity index (χ4n) is 1.67. The number of nitrogens with one attached hydrogen (secondary N) is 2. The molecule has 1 aliphatic heterocycles. The lowest BCUT2D eigenvalue weighted by molar-refractivity contribution is 0.251. The highest BCUT2D eigenvalue weighted by Gasteiger charge is 2.18. The summed E-state index contributed by atoms with van der Waals surface area (Å²) in [6.07, 6.45) is 0. The number of anilines is 1. The second kappa shape index (κ2) is 3.26. The Kier molecular flexibility index (Phi) is 2.18. The normalized spacial score (nSPS) is 15.3. The van der Waals surface area contributed by atoms with E-state index in [4.69, 9.17) is 0 Å². The van der Waals surface area contributed by atoms with Crippen LogP contribution in [0.5, 0.6) is 0 Å². The molecule has 1 aromatic rings. The maximum Gasteiger partial charge on any atom is 0.319 e. The van der Waals surface area contributed by atoms with Gasteiger partial charge in [-0.15, -0.1) is 0 Å². The van der Waals surface area contributed by atoms with Gasteiger partial charge in [-0.3, -0.25) is 0 Å². The number of fused-ring (bicyclic) bond motifs is 1. The van der Waals surface area contributed by atoms with E-state index in [9.17, 15) is 4.79 Å². The van der Waals surface area contributed by atoms with Crippen LogP contribution in [0.3, 0.4) is 0 Å². The quantitative estimate of drug-likeness (QED) is 0.670. The van der Waals surface area contributed by atoms with E-state index >= 15 is 0 Å². The van der Waals surface area contributed by atoms with Crippen molar-refractivity contribution >= 4 is 11.7 Å². The molecule has 0 saturated carbocycles. The third-order valence-corrected chi connectivity index (χ3v) is 2.66. The van der Waals surface area contributed by atoms with Crippen molar-refractivity contribution in [1.29, 1.82) is 0 Å². The Morgan fingerprint density at radius 2 is 2.00 bits per heavy atom. The highest BCUT2D eigenvalue weighted by molar-refractivity contribution is 5.92. The van der Waals surface area contributed by atoms with Crippen molar-refractivity contribution < 1.29 is 4.79 Å². The molecule has 3 heteroatoms. The smallest absolute Gasteiger partial charge is 0.319 e. The van der Waals surface area contributed by atoms with E-state index in [-0.39, 0.29) is 11.4 Å². The molecule has 80 valence electrons. The first-order valence-corrected chi connectivity index (χ1v) is 5.15. The van der Waals surface area contributed by atoms with E-state index in [1.165, 1.54) is 5.56 Å². The molecule has 1 aromatic carbocycles. The Balaban J connectivity index is 2.39. The molecule has 1 heterocycles. The number of rotatable bonds is 0. The van der Waals surface area contributed by atoms with E-state index in [2.05, 4.69) is 43.5 Å². The Hall–Kier alpha value is -1.51. The van der Waals surface area contributed by atoms with Crippen molar-refractivity contribution in [1.82, 2.24) is 5.32 Å². The first kappa shape index (κ1) is 10.0. The number of carbonyl (C=O) groups excluding carboxylic acids is 1. The molecule has 0 bridgehead atoms. The zero-order valence-corrected chi connectivity index (χ0v) is 9.35. The lowest BCUT2D eigenvalue weighted by Crippen LogP contribution is -2.33. The summed E-state index contributed by atoms with van der Waals surface area (Å²) in [6, 6.07) is 6.09. The molecule has 2 rings (SSSR count). The number of amides is 2. The molecule has 0 fully saturated rings. The minimum atomic E-state index is -0.119. The Morgan fingerprint density at radius 3 is 2.67 bits per heavy atom.